The highest BCUT2D eigenvalue weighted by atomic mass is 19.4. The van der Waals surface area contributed by atoms with E-state index in [1.54, 1.807) is 31.2 Å². The van der Waals surface area contributed by atoms with E-state index < -0.39 is 35.5 Å². The first-order chi connectivity index (χ1) is 23.6. The fourth-order valence-corrected chi connectivity index (χ4v) is 6.10. The SMILES string of the molecule is CCN1C(=O)[C@@H](NC(=O)c2cccc(C(F)(F)F)c2)[C@H](c2cccc(CNC/C=C/C(=O)N3CCCC3)c2)/C(=C/N)C1=Nc1ccccc1. The number of likely N-dealkylation sites (N-methyl/N-ethyl adjacent to an activating group) is 1. The highest BCUT2D eigenvalue weighted by Crippen LogP contribution is 2.37. The topological polar surface area (TPSA) is 120 Å². The third-order valence-corrected chi connectivity index (χ3v) is 8.52. The third kappa shape index (κ3) is 8.44. The van der Waals surface area contributed by atoms with E-state index in [1.807, 2.05) is 47.4 Å². The normalized spacial score (nSPS) is 20.0. The van der Waals surface area contributed by atoms with Crippen LogP contribution in [-0.2, 0) is 22.3 Å². The lowest BCUT2D eigenvalue weighted by atomic mass is 9.79. The molecule has 0 spiro atoms. The first-order valence-electron chi connectivity index (χ1n) is 16.2. The number of benzene rings is 3. The molecule has 3 aromatic rings. The number of carbonyl (C=O) groups excluding carboxylic acids is 3. The Morgan fingerprint density at radius 3 is 2.43 bits per heavy atom. The van der Waals surface area contributed by atoms with Crippen LogP contribution >= 0.6 is 0 Å². The summed E-state index contributed by atoms with van der Waals surface area (Å²) in [6, 6.07) is 19.3. The number of piperidine rings is 1. The molecular formula is C37H39F3N6O3. The van der Waals surface area contributed by atoms with E-state index >= 15 is 0 Å². The summed E-state index contributed by atoms with van der Waals surface area (Å²) in [5.74, 6) is -1.83. The van der Waals surface area contributed by atoms with Gasteiger partial charge < -0.3 is 21.3 Å². The Morgan fingerprint density at radius 1 is 1.00 bits per heavy atom. The number of halogens is 3. The van der Waals surface area contributed by atoms with Crippen molar-refractivity contribution in [3.05, 3.63) is 125 Å². The van der Waals surface area contributed by atoms with Crippen molar-refractivity contribution in [3.63, 3.8) is 0 Å². The number of rotatable bonds is 10. The lowest BCUT2D eigenvalue weighted by Crippen LogP contribution is -2.59. The van der Waals surface area contributed by atoms with Crippen molar-refractivity contribution in [1.29, 1.82) is 0 Å². The van der Waals surface area contributed by atoms with E-state index in [2.05, 4.69) is 10.6 Å². The summed E-state index contributed by atoms with van der Waals surface area (Å²) in [5, 5.41) is 6.02. The van der Waals surface area contributed by atoms with Gasteiger partial charge in [-0.05, 0) is 61.2 Å². The van der Waals surface area contributed by atoms with Crippen LogP contribution < -0.4 is 16.4 Å². The number of para-hydroxylation sites is 1. The van der Waals surface area contributed by atoms with Gasteiger partial charge in [0.25, 0.3) is 11.8 Å². The minimum atomic E-state index is -4.65. The van der Waals surface area contributed by atoms with E-state index in [1.165, 1.54) is 17.2 Å². The molecular weight excluding hydrogens is 633 g/mol. The van der Waals surface area contributed by atoms with Crippen LogP contribution in [0.1, 0.15) is 52.7 Å². The molecule has 0 saturated carbocycles. The summed E-state index contributed by atoms with van der Waals surface area (Å²) in [5.41, 5.74) is 7.61. The van der Waals surface area contributed by atoms with Crippen LogP contribution in [0.3, 0.4) is 0 Å². The molecule has 2 atom stereocenters. The van der Waals surface area contributed by atoms with Gasteiger partial charge in [0.05, 0.1) is 11.3 Å². The largest absolute Gasteiger partial charge is 0.416 e. The van der Waals surface area contributed by atoms with Gasteiger partial charge in [0.1, 0.15) is 11.9 Å². The summed E-state index contributed by atoms with van der Waals surface area (Å²) in [4.78, 5) is 48.0. The van der Waals surface area contributed by atoms with Crippen molar-refractivity contribution in [3.8, 4) is 0 Å². The fraction of sp³-hybridized carbons (Fsp3) is 0.297. The van der Waals surface area contributed by atoms with Crippen molar-refractivity contribution in [2.45, 2.75) is 44.4 Å². The second-order valence-corrected chi connectivity index (χ2v) is 11.8. The molecule has 12 heteroatoms. The van der Waals surface area contributed by atoms with Crippen LogP contribution in [0.15, 0.2) is 108 Å². The van der Waals surface area contributed by atoms with Crippen molar-refractivity contribution < 1.29 is 27.6 Å². The molecule has 4 N–H and O–H groups in total. The van der Waals surface area contributed by atoms with E-state index in [9.17, 15) is 27.6 Å². The summed E-state index contributed by atoms with van der Waals surface area (Å²) in [6.07, 6.45) is 2.11. The third-order valence-electron chi connectivity index (χ3n) is 8.52. The standard InChI is InChI=1S/C37H39F3N6O3/c1-2-46-34(43-29-15-4-3-5-16-29)30(23-41)32(33(36(46)49)44-35(48)27-13-9-14-28(22-27)37(38,39)40)26-12-8-11-25(21-26)24-42-18-10-17-31(47)45-19-6-7-20-45/h3-5,8-17,21-23,32-33,42H,2,6-7,18-20,24,41H2,1H3,(H,44,48)/b17-10+,30-23-,43-34?/t32-,33+/m1/s1. The highest BCUT2D eigenvalue weighted by molar-refractivity contribution is 6.15. The zero-order valence-electron chi connectivity index (χ0n) is 27.1. The molecule has 0 bridgehead atoms. The molecule has 3 aromatic carbocycles. The number of carbonyl (C=O) groups is 3. The van der Waals surface area contributed by atoms with Crippen molar-refractivity contribution in [1.82, 2.24) is 20.4 Å². The lowest BCUT2D eigenvalue weighted by molar-refractivity contribution is -0.137. The molecule has 2 saturated heterocycles. The molecule has 2 aliphatic rings. The molecule has 9 nitrogen and oxygen atoms in total. The van der Waals surface area contributed by atoms with Crippen LogP contribution in [0.5, 0.6) is 0 Å². The average Bonchev–Trinajstić information content (AvgIpc) is 3.65. The van der Waals surface area contributed by atoms with Crippen LogP contribution in [-0.4, -0.2) is 65.6 Å². The Bertz CT molecular complexity index is 1750. The number of nitrogens with one attached hydrogen (secondary N) is 2. The number of nitrogens with two attached hydrogens (primary N) is 1. The average molecular weight is 673 g/mol. The van der Waals surface area contributed by atoms with Crippen LogP contribution in [0.4, 0.5) is 18.9 Å². The Hall–Kier alpha value is -5.23. The quantitative estimate of drug-likeness (QED) is 0.200. The van der Waals surface area contributed by atoms with E-state index in [0.717, 1.165) is 49.7 Å². The maximum atomic E-state index is 14.2. The van der Waals surface area contributed by atoms with Gasteiger partial charge in [0, 0.05) is 62.1 Å². The number of nitrogens with zero attached hydrogens (tertiary/aromatic N) is 3. The summed E-state index contributed by atoms with van der Waals surface area (Å²) in [6.45, 7) is 4.41. The molecule has 3 amide bonds. The van der Waals surface area contributed by atoms with Gasteiger partial charge in [-0.2, -0.15) is 13.2 Å². The van der Waals surface area contributed by atoms with Gasteiger partial charge in [-0.15, -0.1) is 0 Å². The predicted molar refractivity (Wildman–Crippen MR) is 182 cm³/mol. The number of aliphatic imine (C=N–C) groups is 1. The maximum absolute atomic E-state index is 14.2. The van der Waals surface area contributed by atoms with Gasteiger partial charge in [0.15, 0.2) is 0 Å². The molecule has 2 aliphatic heterocycles. The minimum absolute atomic E-state index is 0.00307. The van der Waals surface area contributed by atoms with Gasteiger partial charge in [0.2, 0.25) is 5.91 Å². The molecule has 0 aromatic heterocycles. The minimum Gasteiger partial charge on any atom is -0.404 e. The number of hydrogen-bond donors (Lipinski definition) is 3. The van der Waals surface area contributed by atoms with Crippen LogP contribution in [0, 0.1) is 0 Å². The molecule has 0 unspecified atom stereocenters. The first-order valence-corrected chi connectivity index (χ1v) is 16.2. The molecule has 2 fully saturated rings. The predicted octanol–water partition coefficient (Wildman–Crippen LogP) is 5.29. The van der Waals surface area contributed by atoms with Crippen molar-refractivity contribution >= 4 is 29.2 Å². The fourth-order valence-electron chi connectivity index (χ4n) is 6.10. The Morgan fingerprint density at radius 2 is 1.73 bits per heavy atom. The Kier molecular flexibility index (Phi) is 11.3. The highest BCUT2D eigenvalue weighted by Gasteiger charge is 2.45. The second kappa shape index (κ2) is 15.8. The number of alkyl halides is 3. The van der Waals surface area contributed by atoms with Crippen LogP contribution in [0.25, 0.3) is 0 Å². The zero-order valence-corrected chi connectivity index (χ0v) is 27.1. The second-order valence-electron chi connectivity index (χ2n) is 11.8. The molecule has 256 valence electrons. The number of hydrogen-bond acceptors (Lipinski definition) is 6. The first kappa shape index (κ1) is 35.1. The van der Waals surface area contributed by atoms with Gasteiger partial charge >= 0.3 is 6.18 Å². The zero-order chi connectivity index (χ0) is 35.0. The number of likely N-dealkylation sites (tertiary alicyclic amines) is 2. The number of amides is 3. The van der Waals surface area contributed by atoms with Crippen molar-refractivity contribution in [2.75, 3.05) is 26.2 Å². The van der Waals surface area contributed by atoms with Crippen molar-refractivity contribution in [2.24, 2.45) is 10.7 Å². The molecule has 2 heterocycles. The smallest absolute Gasteiger partial charge is 0.404 e. The maximum Gasteiger partial charge on any atom is 0.416 e. The Balaban J connectivity index is 1.45. The molecule has 0 aliphatic carbocycles. The van der Waals surface area contributed by atoms with Gasteiger partial charge in [-0.25, -0.2) is 4.99 Å². The molecule has 0 radical (unpaired) electrons. The summed E-state index contributed by atoms with van der Waals surface area (Å²) >= 11 is 0. The number of amidine groups is 1. The van der Waals surface area contributed by atoms with Gasteiger partial charge in [-0.3, -0.25) is 19.3 Å². The molecule has 5 rings (SSSR count). The summed E-state index contributed by atoms with van der Waals surface area (Å²) < 4.78 is 40.4. The monoisotopic (exact) mass is 672 g/mol. The summed E-state index contributed by atoms with van der Waals surface area (Å²) in [7, 11) is 0. The van der Waals surface area contributed by atoms with Gasteiger partial charge in [-0.1, -0.05) is 54.6 Å². The van der Waals surface area contributed by atoms with E-state index in [0.29, 0.717) is 35.7 Å². The van der Waals surface area contributed by atoms with Crippen LogP contribution in [0.2, 0.25) is 0 Å². The lowest BCUT2D eigenvalue weighted by Gasteiger charge is -2.40. The Labute approximate surface area is 283 Å². The molecule has 49 heavy (non-hydrogen) atoms. The van der Waals surface area contributed by atoms with E-state index in [-0.39, 0.29) is 18.0 Å². The van der Waals surface area contributed by atoms with E-state index in [4.69, 9.17) is 10.7 Å².